The summed E-state index contributed by atoms with van der Waals surface area (Å²) in [6.07, 6.45) is 19.1. The Bertz CT molecular complexity index is 644. The van der Waals surface area contributed by atoms with Gasteiger partial charge in [0.25, 0.3) is 0 Å². The first kappa shape index (κ1) is 19.2. The normalized spacial score (nSPS) is 40.7. The van der Waals surface area contributed by atoms with E-state index in [4.69, 9.17) is 4.74 Å². The smallest absolute Gasteiger partial charge is 0.0982 e. The lowest BCUT2D eigenvalue weighted by atomic mass is 9.53. The van der Waals surface area contributed by atoms with Crippen molar-refractivity contribution in [2.75, 3.05) is 6.61 Å². The monoisotopic (exact) mass is 386 g/mol. The molecule has 5 atom stereocenters. The van der Waals surface area contributed by atoms with Gasteiger partial charge in [-0.25, -0.2) is 0 Å². The molecule has 0 bridgehead atoms. The molecule has 0 radical (unpaired) electrons. The summed E-state index contributed by atoms with van der Waals surface area (Å²) in [4.78, 5) is 0. The van der Waals surface area contributed by atoms with Gasteiger partial charge in [0.2, 0.25) is 0 Å². The fraction of sp³-hybridized carbons (Fsp3) is 0.840. The van der Waals surface area contributed by atoms with Gasteiger partial charge in [0.05, 0.1) is 18.0 Å². The minimum Gasteiger partial charge on any atom is -0.495 e. The van der Waals surface area contributed by atoms with E-state index in [0.717, 1.165) is 50.4 Å². The standard InChI is InChI=1S/C25H38O3/c26-15-3-13-25-14-12-21-20-9-7-19(28-18-4-1-2-5-18)16-17(20)6-8-22(21)23(25)10-11-24(25)27/h7,18,21-24,26-27H,1-6,8-16H2/t21-,22-,23+,24+,25+/m1/s1. The third-order valence-corrected chi connectivity index (χ3v) is 9.15. The van der Waals surface area contributed by atoms with E-state index in [1.165, 1.54) is 57.1 Å². The summed E-state index contributed by atoms with van der Waals surface area (Å²) in [7, 11) is 0. The molecule has 3 nitrogen and oxygen atoms in total. The number of hydrogen-bond acceptors (Lipinski definition) is 3. The van der Waals surface area contributed by atoms with E-state index in [-0.39, 0.29) is 18.1 Å². The molecule has 5 aliphatic carbocycles. The molecular formula is C25H38O3. The Kier molecular flexibility index (Phi) is 5.34. The Morgan fingerprint density at radius 1 is 1.07 bits per heavy atom. The molecule has 5 aliphatic rings. The zero-order valence-corrected chi connectivity index (χ0v) is 17.4. The summed E-state index contributed by atoms with van der Waals surface area (Å²) >= 11 is 0. The molecule has 3 saturated carbocycles. The van der Waals surface area contributed by atoms with Gasteiger partial charge in [-0.05, 0) is 113 Å². The average Bonchev–Trinajstić information content (AvgIpc) is 3.34. The Morgan fingerprint density at radius 3 is 2.75 bits per heavy atom. The van der Waals surface area contributed by atoms with Crippen LogP contribution in [-0.2, 0) is 4.74 Å². The Balaban J connectivity index is 1.30. The van der Waals surface area contributed by atoms with Crippen molar-refractivity contribution in [1.29, 1.82) is 0 Å². The van der Waals surface area contributed by atoms with E-state index in [9.17, 15) is 10.2 Å². The summed E-state index contributed by atoms with van der Waals surface area (Å²) in [5, 5.41) is 20.3. The second kappa shape index (κ2) is 7.80. The summed E-state index contributed by atoms with van der Waals surface area (Å²) in [6, 6.07) is 0. The number of fused-ring (bicyclic) bond motifs is 4. The highest BCUT2D eigenvalue weighted by atomic mass is 16.5. The van der Waals surface area contributed by atoms with Gasteiger partial charge < -0.3 is 14.9 Å². The molecular weight excluding hydrogens is 348 g/mol. The summed E-state index contributed by atoms with van der Waals surface area (Å²) < 4.78 is 6.35. The molecule has 3 fully saturated rings. The summed E-state index contributed by atoms with van der Waals surface area (Å²) in [5.74, 6) is 3.43. The van der Waals surface area contributed by atoms with E-state index >= 15 is 0 Å². The zero-order chi connectivity index (χ0) is 19.1. The highest BCUT2D eigenvalue weighted by molar-refractivity contribution is 5.33. The van der Waals surface area contributed by atoms with Crippen molar-refractivity contribution in [2.45, 2.75) is 102 Å². The lowest BCUT2D eigenvalue weighted by Crippen LogP contribution is -2.47. The van der Waals surface area contributed by atoms with Crippen LogP contribution < -0.4 is 0 Å². The van der Waals surface area contributed by atoms with Gasteiger partial charge in [0.15, 0.2) is 0 Å². The highest BCUT2D eigenvalue weighted by Gasteiger charge is 2.56. The Labute approximate surface area is 170 Å². The van der Waals surface area contributed by atoms with E-state index < -0.39 is 0 Å². The lowest BCUT2D eigenvalue weighted by molar-refractivity contribution is -0.0537. The van der Waals surface area contributed by atoms with Crippen LogP contribution in [0.25, 0.3) is 0 Å². The number of ether oxygens (including phenoxy) is 1. The molecule has 3 heteroatoms. The maximum absolute atomic E-state index is 10.9. The van der Waals surface area contributed by atoms with E-state index in [1.807, 2.05) is 0 Å². The van der Waals surface area contributed by atoms with Crippen LogP contribution in [-0.4, -0.2) is 29.0 Å². The van der Waals surface area contributed by atoms with Gasteiger partial charge >= 0.3 is 0 Å². The molecule has 0 aromatic rings. The number of aliphatic hydroxyl groups excluding tert-OH is 2. The summed E-state index contributed by atoms with van der Waals surface area (Å²) in [6.45, 7) is 0.263. The van der Waals surface area contributed by atoms with E-state index in [1.54, 1.807) is 11.1 Å². The average molecular weight is 387 g/mol. The van der Waals surface area contributed by atoms with E-state index in [0.29, 0.717) is 12.0 Å². The van der Waals surface area contributed by atoms with Crippen LogP contribution >= 0.6 is 0 Å². The molecule has 28 heavy (non-hydrogen) atoms. The molecule has 0 heterocycles. The largest absolute Gasteiger partial charge is 0.495 e. The van der Waals surface area contributed by atoms with Crippen molar-refractivity contribution in [3.8, 4) is 0 Å². The number of aliphatic hydroxyl groups is 2. The molecule has 5 rings (SSSR count). The van der Waals surface area contributed by atoms with Gasteiger partial charge in [0.1, 0.15) is 0 Å². The van der Waals surface area contributed by atoms with Crippen LogP contribution in [0.3, 0.4) is 0 Å². The molecule has 156 valence electrons. The second-order valence-electron chi connectivity index (χ2n) is 10.3. The molecule has 0 spiro atoms. The number of hydrogen-bond donors (Lipinski definition) is 2. The van der Waals surface area contributed by atoms with Gasteiger partial charge in [0, 0.05) is 13.0 Å². The van der Waals surface area contributed by atoms with E-state index in [2.05, 4.69) is 6.08 Å². The minimum atomic E-state index is -0.141. The first-order chi connectivity index (χ1) is 13.7. The zero-order valence-electron chi connectivity index (χ0n) is 17.4. The topological polar surface area (TPSA) is 49.7 Å². The molecule has 2 N–H and O–H groups in total. The fourth-order valence-electron chi connectivity index (χ4n) is 7.87. The van der Waals surface area contributed by atoms with Crippen LogP contribution in [0.2, 0.25) is 0 Å². The van der Waals surface area contributed by atoms with Crippen LogP contribution in [0.5, 0.6) is 0 Å². The first-order valence-corrected chi connectivity index (χ1v) is 12.1. The van der Waals surface area contributed by atoms with Crippen molar-refractivity contribution in [2.24, 2.45) is 23.2 Å². The molecule has 0 unspecified atom stereocenters. The van der Waals surface area contributed by atoms with Crippen molar-refractivity contribution < 1.29 is 14.9 Å². The fourth-order valence-corrected chi connectivity index (χ4v) is 7.87. The summed E-state index contributed by atoms with van der Waals surface area (Å²) in [5.41, 5.74) is 3.54. The predicted molar refractivity (Wildman–Crippen MR) is 111 cm³/mol. The quantitative estimate of drug-likeness (QED) is 0.633. The van der Waals surface area contributed by atoms with Crippen LogP contribution in [0.1, 0.15) is 89.9 Å². The maximum Gasteiger partial charge on any atom is 0.0982 e. The van der Waals surface area contributed by atoms with Gasteiger partial charge in [-0.3, -0.25) is 0 Å². The van der Waals surface area contributed by atoms with Crippen LogP contribution in [0.4, 0.5) is 0 Å². The van der Waals surface area contributed by atoms with Gasteiger partial charge in [-0.15, -0.1) is 0 Å². The highest BCUT2D eigenvalue weighted by Crippen LogP contribution is 2.62. The van der Waals surface area contributed by atoms with Crippen molar-refractivity contribution in [3.63, 3.8) is 0 Å². The third kappa shape index (κ3) is 3.17. The van der Waals surface area contributed by atoms with Crippen molar-refractivity contribution in [1.82, 2.24) is 0 Å². The number of allylic oxidation sites excluding steroid dienone is 3. The Hall–Kier alpha value is -0.800. The molecule has 0 amide bonds. The van der Waals surface area contributed by atoms with Crippen LogP contribution in [0, 0.1) is 23.2 Å². The molecule has 0 aromatic carbocycles. The molecule has 0 saturated heterocycles. The van der Waals surface area contributed by atoms with Crippen molar-refractivity contribution >= 4 is 0 Å². The van der Waals surface area contributed by atoms with Crippen molar-refractivity contribution in [3.05, 3.63) is 23.0 Å². The van der Waals surface area contributed by atoms with Gasteiger partial charge in [-0.2, -0.15) is 0 Å². The Morgan fingerprint density at radius 2 is 1.93 bits per heavy atom. The predicted octanol–water partition coefficient (Wildman–Crippen LogP) is 5.27. The lowest BCUT2D eigenvalue weighted by Gasteiger charge is -2.52. The maximum atomic E-state index is 10.9. The minimum absolute atomic E-state index is 0.100. The molecule has 0 aromatic heterocycles. The SMILES string of the molecule is OCCC[C@]12CC[C@@H]3C4=C(CC[C@H]3[C@@H]1CC[C@@H]2O)CC(OC1CCCC1)=CC4. The third-order valence-electron chi connectivity index (χ3n) is 9.15. The van der Waals surface area contributed by atoms with Crippen LogP contribution in [0.15, 0.2) is 23.0 Å². The molecule has 0 aliphatic heterocycles. The number of rotatable bonds is 5. The van der Waals surface area contributed by atoms with Gasteiger partial charge in [-0.1, -0.05) is 11.1 Å². The second-order valence-corrected chi connectivity index (χ2v) is 10.3. The first-order valence-electron chi connectivity index (χ1n) is 12.1.